The lowest BCUT2D eigenvalue weighted by atomic mass is 9.88. The Morgan fingerprint density at radius 1 is 1.35 bits per heavy atom. The number of benzene rings is 1. The second-order valence-electron chi connectivity index (χ2n) is 5.80. The molecule has 3 nitrogen and oxygen atoms in total. The van der Waals surface area contributed by atoms with Gasteiger partial charge in [-0.25, -0.2) is 0 Å². The predicted molar refractivity (Wildman–Crippen MR) is 83.6 cm³/mol. The Morgan fingerprint density at radius 2 is 2.15 bits per heavy atom. The van der Waals surface area contributed by atoms with Crippen molar-refractivity contribution >= 4 is 0 Å². The van der Waals surface area contributed by atoms with E-state index in [1.165, 1.54) is 24.9 Å². The highest BCUT2D eigenvalue weighted by molar-refractivity contribution is 5.14. The molecule has 0 amide bonds. The highest BCUT2D eigenvalue weighted by Gasteiger charge is 2.26. The number of nitrogens with one attached hydrogen (secondary N) is 1. The summed E-state index contributed by atoms with van der Waals surface area (Å²) in [7, 11) is 0. The Balaban J connectivity index is 1.90. The van der Waals surface area contributed by atoms with E-state index >= 15 is 0 Å². The highest BCUT2D eigenvalue weighted by atomic mass is 16.3. The monoisotopic (exact) mass is 276 g/mol. The second kappa shape index (κ2) is 8.40. The minimum absolute atomic E-state index is 0.285. The number of hydrogen-bond acceptors (Lipinski definition) is 3. The van der Waals surface area contributed by atoms with E-state index < -0.39 is 0 Å². The van der Waals surface area contributed by atoms with Crippen molar-refractivity contribution in [2.75, 3.05) is 26.2 Å². The van der Waals surface area contributed by atoms with Crippen LogP contribution in [0.25, 0.3) is 0 Å². The molecule has 0 spiro atoms. The molecule has 1 aliphatic rings. The summed E-state index contributed by atoms with van der Waals surface area (Å²) in [6.45, 7) is 6.81. The summed E-state index contributed by atoms with van der Waals surface area (Å²) in [5.74, 6) is 0.666. The molecule has 0 unspecified atom stereocenters. The standard InChI is InChI=1S/C17H28N2O/c1-2-18-17(10-12-20)16-9-6-11-19(14-16)13-15-7-4-3-5-8-15/h3-5,7-8,16-18,20H,2,6,9-14H2,1H3/t16-,17+/m1/s1. The Hall–Kier alpha value is -0.900. The van der Waals surface area contributed by atoms with E-state index in [9.17, 15) is 5.11 Å². The molecule has 20 heavy (non-hydrogen) atoms. The van der Waals surface area contributed by atoms with E-state index in [0.29, 0.717) is 12.0 Å². The van der Waals surface area contributed by atoms with Crippen molar-refractivity contribution in [1.29, 1.82) is 0 Å². The fraction of sp³-hybridized carbons (Fsp3) is 0.647. The predicted octanol–water partition coefficient (Wildman–Crippen LogP) is 2.26. The molecule has 0 saturated carbocycles. The molecule has 0 radical (unpaired) electrons. The topological polar surface area (TPSA) is 35.5 Å². The van der Waals surface area contributed by atoms with Crippen molar-refractivity contribution < 1.29 is 5.11 Å². The maximum atomic E-state index is 9.24. The minimum Gasteiger partial charge on any atom is -0.396 e. The first-order valence-electron chi connectivity index (χ1n) is 7.94. The molecule has 1 aromatic rings. The van der Waals surface area contributed by atoms with Gasteiger partial charge in [-0.2, -0.15) is 0 Å². The fourth-order valence-corrected chi connectivity index (χ4v) is 3.31. The van der Waals surface area contributed by atoms with E-state index in [1.54, 1.807) is 0 Å². The van der Waals surface area contributed by atoms with Gasteiger partial charge in [-0.1, -0.05) is 37.3 Å². The van der Waals surface area contributed by atoms with Crippen LogP contribution >= 0.6 is 0 Å². The zero-order valence-corrected chi connectivity index (χ0v) is 12.6. The maximum absolute atomic E-state index is 9.24. The number of rotatable bonds is 7. The normalized spacial score (nSPS) is 21.8. The number of nitrogens with zero attached hydrogens (tertiary/aromatic N) is 1. The molecule has 0 aliphatic carbocycles. The van der Waals surface area contributed by atoms with Gasteiger partial charge in [0.1, 0.15) is 0 Å². The third-order valence-electron chi connectivity index (χ3n) is 4.27. The summed E-state index contributed by atoms with van der Waals surface area (Å²) in [6, 6.07) is 11.2. The number of likely N-dealkylation sites (tertiary alicyclic amines) is 1. The van der Waals surface area contributed by atoms with Crippen LogP contribution in [0.5, 0.6) is 0 Å². The quantitative estimate of drug-likeness (QED) is 0.802. The van der Waals surface area contributed by atoms with Crippen molar-refractivity contribution in [1.82, 2.24) is 10.2 Å². The van der Waals surface area contributed by atoms with E-state index in [0.717, 1.165) is 26.1 Å². The molecule has 0 bridgehead atoms. The summed E-state index contributed by atoms with van der Waals surface area (Å²) in [5.41, 5.74) is 1.40. The smallest absolute Gasteiger partial charge is 0.0445 e. The molecule has 2 rings (SSSR count). The van der Waals surface area contributed by atoms with Crippen LogP contribution in [-0.4, -0.2) is 42.3 Å². The van der Waals surface area contributed by atoms with Gasteiger partial charge in [-0.3, -0.25) is 4.90 Å². The average molecular weight is 276 g/mol. The van der Waals surface area contributed by atoms with E-state index in [1.807, 2.05) is 0 Å². The van der Waals surface area contributed by atoms with Crippen LogP contribution in [0, 0.1) is 5.92 Å². The molecular weight excluding hydrogens is 248 g/mol. The zero-order valence-electron chi connectivity index (χ0n) is 12.6. The van der Waals surface area contributed by atoms with Gasteiger partial charge >= 0.3 is 0 Å². The van der Waals surface area contributed by atoms with Crippen molar-refractivity contribution in [3.8, 4) is 0 Å². The highest BCUT2D eigenvalue weighted by Crippen LogP contribution is 2.23. The van der Waals surface area contributed by atoms with E-state index in [2.05, 4.69) is 47.5 Å². The molecule has 0 aromatic heterocycles. The van der Waals surface area contributed by atoms with Gasteiger partial charge in [0.2, 0.25) is 0 Å². The number of aliphatic hydroxyl groups is 1. The van der Waals surface area contributed by atoms with Crippen molar-refractivity contribution in [2.24, 2.45) is 5.92 Å². The van der Waals surface area contributed by atoms with Gasteiger partial charge in [-0.05, 0) is 43.8 Å². The van der Waals surface area contributed by atoms with Crippen LogP contribution in [-0.2, 0) is 6.54 Å². The third-order valence-corrected chi connectivity index (χ3v) is 4.27. The Kier molecular flexibility index (Phi) is 6.51. The van der Waals surface area contributed by atoms with Crippen molar-refractivity contribution in [3.05, 3.63) is 35.9 Å². The van der Waals surface area contributed by atoms with Gasteiger partial charge in [0, 0.05) is 25.7 Å². The van der Waals surface area contributed by atoms with Crippen molar-refractivity contribution in [2.45, 2.75) is 38.8 Å². The summed E-state index contributed by atoms with van der Waals surface area (Å²) < 4.78 is 0. The first kappa shape index (κ1) is 15.5. The molecule has 3 heteroatoms. The Labute approximate surface area is 123 Å². The van der Waals surface area contributed by atoms with Crippen LogP contribution in [0.15, 0.2) is 30.3 Å². The van der Waals surface area contributed by atoms with Crippen LogP contribution in [0.3, 0.4) is 0 Å². The zero-order chi connectivity index (χ0) is 14.2. The second-order valence-corrected chi connectivity index (χ2v) is 5.80. The van der Waals surface area contributed by atoms with E-state index in [4.69, 9.17) is 0 Å². The lowest BCUT2D eigenvalue weighted by Gasteiger charge is -2.37. The number of aliphatic hydroxyl groups excluding tert-OH is 1. The summed E-state index contributed by atoms with van der Waals surface area (Å²) in [5, 5.41) is 12.8. The molecule has 1 fully saturated rings. The first-order chi connectivity index (χ1) is 9.83. The molecule has 112 valence electrons. The number of piperidine rings is 1. The van der Waals surface area contributed by atoms with Gasteiger partial charge in [0.25, 0.3) is 0 Å². The van der Waals surface area contributed by atoms with Gasteiger partial charge < -0.3 is 10.4 Å². The van der Waals surface area contributed by atoms with Crippen LogP contribution in [0.1, 0.15) is 31.7 Å². The van der Waals surface area contributed by atoms with Crippen LogP contribution < -0.4 is 5.32 Å². The van der Waals surface area contributed by atoms with Crippen LogP contribution in [0.2, 0.25) is 0 Å². The lowest BCUT2D eigenvalue weighted by molar-refractivity contribution is 0.128. The third kappa shape index (κ3) is 4.58. The van der Waals surface area contributed by atoms with Crippen molar-refractivity contribution in [3.63, 3.8) is 0 Å². The molecule has 1 aliphatic heterocycles. The van der Waals surface area contributed by atoms with Gasteiger partial charge in [0.05, 0.1) is 0 Å². The average Bonchev–Trinajstić information content (AvgIpc) is 2.48. The van der Waals surface area contributed by atoms with E-state index in [-0.39, 0.29) is 6.61 Å². The van der Waals surface area contributed by atoms with Crippen LogP contribution in [0.4, 0.5) is 0 Å². The fourth-order valence-electron chi connectivity index (χ4n) is 3.31. The Morgan fingerprint density at radius 3 is 2.85 bits per heavy atom. The first-order valence-corrected chi connectivity index (χ1v) is 7.94. The Bertz CT molecular complexity index is 363. The summed E-state index contributed by atoms with van der Waals surface area (Å²) in [4.78, 5) is 2.56. The van der Waals surface area contributed by atoms with Gasteiger partial charge in [0.15, 0.2) is 0 Å². The molecule has 2 N–H and O–H groups in total. The van der Waals surface area contributed by atoms with Gasteiger partial charge in [-0.15, -0.1) is 0 Å². The minimum atomic E-state index is 0.285. The molecule has 1 heterocycles. The number of hydrogen-bond donors (Lipinski definition) is 2. The molecular formula is C17H28N2O. The maximum Gasteiger partial charge on any atom is 0.0445 e. The SMILES string of the molecule is CCN[C@@H](CCO)[C@@H]1CCCN(Cc2ccccc2)C1. The summed E-state index contributed by atoms with van der Waals surface area (Å²) in [6.07, 6.45) is 3.42. The summed E-state index contributed by atoms with van der Waals surface area (Å²) >= 11 is 0. The molecule has 1 saturated heterocycles. The molecule has 1 aromatic carbocycles. The largest absolute Gasteiger partial charge is 0.396 e. The lowest BCUT2D eigenvalue weighted by Crippen LogP contribution is -2.45. The molecule has 2 atom stereocenters.